The highest BCUT2D eigenvalue weighted by Gasteiger charge is 2.29. The molecule has 1 aliphatic rings. The van der Waals surface area contributed by atoms with E-state index in [9.17, 15) is 19.0 Å². The zero-order chi connectivity index (χ0) is 11.7. The van der Waals surface area contributed by atoms with Crippen LogP contribution in [0, 0.1) is 11.6 Å². The predicted molar refractivity (Wildman–Crippen MR) is 53.6 cm³/mol. The van der Waals surface area contributed by atoms with E-state index in [-0.39, 0.29) is 0 Å². The Bertz CT molecular complexity index is 376. The van der Waals surface area contributed by atoms with Gasteiger partial charge >= 0.3 is 0 Å². The van der Waals surface area contributed by atoms with E-state index in [0.717, 1.165) is 12.1 Å². The van der Waals surface area contributed by atoms with Crippen LogP contribution in [0.25, 0.3) is 0 Å². The molecular formula is C11H13F2NO2. The zero-order valence-electron chi connectivity index (χ0n) is 8.61. The van der Waals surface area contributed by atoms with Crippen molar-refractivity contribution in [2.75, 3.05) is 13.1 Å². The fourth-order valence-electron chi connectivity index (χ4n) is 1.87. The standard InChI is InChI=1S/C11H13F2NO2/c12-8-2-1-7(3-9(8)13)4-14-5-10(15)11(16)6-14/h1-3,10-11,15-16H,4-6H2/t10-,11+. The monoisotopic (exact) mass is 229 g/mol. The van der Waals surface area contributed by atoms with E-state index in [2.05, 4.69) is 0 Å². The number of halogens is 2. The first kappa shape index (κ1) is 11.4. The Labute approximate surface area is 91.9 Å². The second kappa shape index (κ2) is 4.45. The lowest BCUT2D eigenvalue weighted by Gasteiger charge is -2.14. The Balaban J connectivity index is 2.02. The average molecular weight is 229 g/mol. The molecule has 5 heteroatoms. The van der Waals surface area contributed by atoms with Gasteiger partial charge in [-0.15, -0.1) is 0 Å². The number of rotatable bonds is 2. The van der Waals surface area contributed by atoms with E-state index in [1.54, 1.807) is 4.90 Å². The lowest BCUT2D eigenvalue weighted by molar-refractivity contribution is 0.0572. The molecule has 2 N–H and O–H groups in total. The lowest BCUT2D eigenvalue weighted by atomic mass is 10.2. The number of hydrogen-bond acceptors (Lipinski definition) is 3. The number of nitrogens with zero attached hydrogens (tertiary/aromatic N) is 1. The first-order chi connectivity index (χ1) is 7.56. The molecule has 16 heavy (non-hydrogen) atoms. The molecule has 0 amide bonds. The van der Waals surface area contributed by atoms with Gasteiger partial charge in [-0.05, 0) is 17.7 Å². The maximum absolute atomic E-state index is 12.9. The second-order valence-electron chi connectivity index (χ2n) is 4.08. The Morgan fingerprint density at radius 1 is 1.12 bits per heavy atom. The van der Waals surface area contributed by atoms with Crippen LogP contribution in [0.2, 0.25) is 0 Å². The molecule has 3 nitrogen and oxygen atoms in total. The fourth-order valence-corrected chi connectivity index (χ4v) is 1.87. The molecule has 0 unspecified atom stereocenters. The predicted octanol–water partition coefficient (Wildman–Crippen LogP) is 0.502. The van der Waals surface area contributed by atoms with Crippen LogP contribution in [0.3, 0.4) is 0 Å². The molecule has 1 aromatic carbocycles. The van der Waals surface area contributed by atoms with Crippen molar-refractivity contribution in [3.05, 3.63) is 35.4 Å². The summed E-state index contributed by atoms with van der Waals surface area (Å²) in [6.45, 7) is 1.09. The molecule has 0 bridgehead atoms. The third-order valence-electron chi connectivity index (χ3n) is 2.72. The van der Waals surface area contributed by atoms with E-state index in [1.807, 2.05) is 0 Å². The second-order valence-corrected chi connectivity index (χ2v) is 4.08. The van der Waals surface area contributed by atoms with Crippen molar-refractivity contribution >= 4 is 0 Å². The van der Waals surface area contributed by atoms with E-state index >= 15 is 0 Å². The summed E-state index contributed by atoms with van der Waals surface area (Å²) >= 11 is 0. The van der Waals surface area contributed by atoms with Crippen molar-refractivity contribution in [1.82, 2.24) is 4.90 Å². The molecule has 1 heterocycles. The van der Waals surface area contributed by atoms with Gasteiger partial charge in [0.1, 0.15) is 0 Å². The van der Waals surface area contributed by atoms with Crippen LogP contribution in [-0.4, -0.2) is 40.4 Å². The van der Waals surface area contributed by atoms with Crippen LogP contribution < -0.4 is 0 Å². The normalized spacial score (nSPS) is 26.2. The molecule has 1 aromatic rings. The Morgan fingerprint density at radius 3 is 2.31 bits per heavy atom. The van der Waals surface area contributed by atoms with Gasteiger partial charge in [0.2, 0.25) is 0 Å². The highest BCUT2D eigenvalue weighted by atomic mass is 19.2. The van der Waals surface area contributed by atoms with Crippen LogP contribution in [-0.2, 0) is 6.54 Å². The van der Waals surface area contributed by atoms with Gasteiger partial charge in [0, 0.05) is 19.6 Å². The zero-order valence-corrected chi connectivity index (χ0v) is 8.61. The topological polar surface area (TPSA) is 43.7 Å². The van der Waals surface area contributed by atoms with Crippen molar-refractivity contribution in [3.8, 4) is 0 Å². The van der Waals surface area contributed by atoms with E-state index in [1.165, 1.54) is 6.07 Å². The van der Waals surface area contributed by atoms with Crippen molar-refractivity contribution in [3.63, 3.8) is 0 Å². The summed E-state index contributed by atoms with van der Waals surface area (Å²) < 4.78 is 25.6. The number of likely N-dealkylation sites (tertiary alicyclic amines) is 1. The van der Waals surface area contributed by atoms with Gasteiger partial charge in [-0.3, -0.25) is 4.90 Å². The van der Waals surface area contributed by atoms with Crippen molar-refractivity contribution in [1.29, 1.82) is 0 Å². The van der Waals surface area contributed by atoms with Crippen LogP contribution in [0.5, 0.6) is 0 Å². The summed E-state index contributed by atoms with van der Waals surface area (Å²) in [6.07, 6.45) is -1.52. The van der Waals surface area contributed by atoms with Crippen LogP contribution in [0.15, 0.2) is 18.2 Å². The smallest absolute Gasteiger partial charge is 0.159 e. The van der Waals surface area contributed by atoms with Crippen molar-refractivity contribution in [2.45, 2.75) is 18.8 Å². The molecule has 0 aliphatic carbocycles. The molecule has 1 saturated heterocycles. The average Bonchev–Trinajstić information content (AvgIpc) is 2.52. The molecule has 0 radical (unpaired) electrons. The van der Waals surface area contributed by atoms with Gasteiger partial charge in [0.25, 0.3) is 0 Å². The summed E-state index contributed by atoms with van der Waals surface area (Å²) in [5, 5.41) is 18.6. The minimum atomic E-state index is -0.877. The Hall–Kier alpha value is -1.04. The molecular weight excluding hydrogens is 216 g/mol. The molecule has 2 rings (SSSR count). The summed E-state index contributed by atoms with van der Waals surface area (Å²) in [5.41, 5.74) is 0.625. The van der Waals surface area contributed by atoms with E-state index in [4.69, 9.17) is 0 Å². The quantitative estimate of drug-likeness (QED) is 0.776. The van der Waals surface area contributed by atoms with Crippen LogP contribution >= 0.6 is 0 Å². The van der Waals surface area contributed by atoms with Gasteiger partial charge in [0.05, 0.1) is 12.2 Å². The summed E-state index contributed by atoms with van der Waals surface area (Å²) in [6, 6.07) is 3.70. The number of hydrogen-bond donors (Lipinski definition) is 2. The highest BCUT2D eigenvalue weighted by Crippen LogP contribution is 2.15. The molecule has 1 aliphatic heterocycles. The molecule has 2 atom stereocenters. The van der Waals surface area contributed by atoms with Gasteiger partial charge in [-0.1, -0.05) is 6.07 Å². The van der Waals surface area contributed by atoms with Crippen molar-refractivity contribution < 1.29 is 19.0 Å². The largest absolute Gasteiger partial charge is 0.389 e. The highest BCUT2D eigenvalue weighted by molar-refractivity contribution is 5.17. The minimum Gasteiger partial charge on any atom is -0.389 e. The molecule has 0 spiro atoms. The maximum Gasteiger partial charge on any atom is 0.159 e. The molecule has 1 fully saturated rings. The molecule has 88 valence electrons. The number of aliphatic hydroxyl groups is 2. The van der Waals surface area contributed by atoms with Gasteiger partial charge < -0.3 is 10.2 Å². The third-order valence-corrected chi connectivity index (χ3v) is 2.72. The van der Waals surface area contributed by atoms with Crippen LogP contribution in [0.1, 0.15) is 5.56 Å². The van der Waals surface area contributed by atoms with E-state index < -0.39 is 23.8 Å². The first-order valence-corrected chi connectivity index (χ1v) is 5.08. The van der Waals surface area contributed by atoms with Crippen molar-refractivity contribution in [2.24, 2.45) is 0 Å². The van der Waals surface area contributed by atoms with Gasteiger partial charge in [-0.25, -0.2) is 8.78 Å². The maximum atomic E-state index is 12.9. The number of aliphatic hydroxyl groups excluding tert-OH is 2. The number of benzene rings is 1. The van der Waals surface area contributed by atoms with Gasteiger partial charge in [-0.2, -0.15) is 0 Å². The minimum absolute atomic E-state index is 0.347. The fraction of sp³-hybridized carbons (Fsp3) is 0.455. The molecule has 0 saturated carbocycles. The summed E-state index contributed by atoms with van der Waals surface area (Å²) in [4.78, 5) is 1.79. The third kappa shape index (κ3) is 2.37. The summed E-state index contributed by atoms with van der Waals surface area (Å²) in [7, 11) is 0. The molecule has 0 aromatic heterocycles. The van der Waals surface area contributed by atoms with E-state index in [0.29, 0.717) is 25.2 Å². The Kier molecular flexibility index (Phi) is 3.18. The Morgan fingerprint density at radius 2 is 1.75 bits per heavy atom. The first-order valence-electron chi connectivity index (χ1n) is 5.08. The lowest BCUT2D eigenvalue weighted by Crippen LogP contribution is -2.22. The van der Waals surface area contributed by atoms with Crippen LogP contribution in [0.4, 0.5) is 8.78 Å². The SMILES string of the molecule is O[C@@H]1CN(Cc2ccc(F)c(F)c2)C[C@@H]1O. The van der Waals surface area contributed by atoms with Gasteiger partial charge in [0.15, 0.2) is 11.6 Å². The summed E-state index contributed by atoms with van der Waals surface area (Å²) in [5.74, 6) is -1.75. The number of β-amino-alcohol motifs (C(OH)–C–C–N with tert-alkyl or cyclic N) is 2.